The molecule has 1 aliphatic rings. The summed E-state index contributed by atoms with van der Waals surface area (Å²) in [5.41, 5.74) is 0. The van der Waals surface area contributed by atoms with Gasteiger partial charge in [0.2, 0.25) is 0 Å². The molecule has 1 N–H and O–H groups in total. The molecule has 2 heterocycles. The molecule has 6 heteroatoms. The Hall–Kier alpha value is -1.56. The molecule has 0 saturated carbocycles. The molecule has 5 nitrogen and oxygen atoms in total. The second-order valence-electron chi connectivity index (χ2n) is 5.86. The monoisotopic (exact) mass is 324 g/mol. The lowest BCUT2D eigenvalue weighted by molar-refractivity contribution is -0.146. The number of methoxy groups -OCH3 is 1. The first kappa shape index (κ1) is 16.8. The van der Waals surface area contributed by atoms with Crippen molar-refractivity contribution in [2.75, 3.05) is 26.7 Å². The van der Waals surface area contributed by atoms with E-state index in [9.17, 15) is 9.59 Å². The molecule has 0 aromatic carbocycles. The molecular weight excluding hydrogens is 300 g/mol. The van der Waals surface area contributed by atoms with Gasteiger partial charge in [0.1, 0.15) is 0 Å². The van der Waals surface area contributed by atoms with E-state index in [0.717, 1.165) is 6.42 Å². The summed E-state index contributed by atoms with van der Waals surface area (Å²) in [5.74, 6) is 0.187. The van der Waals surface area contributed by atoms with Crippen LogP contribution in [-0.4, -0.2) is 43.6 Å². The molecule has 0 unspecified atom stereocenters. The summed E-state index contributed by atoms with van der Waals surface area (Å²) in [6.07, 6.45) is 2.36. The predicted molar refractivity (Wildman–Crippen MR) is 86.9 cm³/mol. The second kappa shape index (κ2) is 8.17. The number of ether oxygens (including phenoxy) is 1. The number of amides is 2. The standard InChI is InChI=1S/C16H24N2O3S/c1-12(10-14-4-3-9-22-14)11-17-16(20)18-7-5-13(6-8-18)15(19)21-2/h3-4,9,12-13H,5-8,10-11H2,1-2H3,(H,17,20)/t12-/m0/s1. The van der Waals surface area contributed by atoms with Crippen molar-refractivity contribution in [1.82, 2.24) is 10.2 Å². The minimum atomic E-state index is -0.162. The maximum absolute atomic E-state index is 12.2. The lowest BCUT2D eigenvalue weighted by Crippen LogP contribution is -2.46. The van der Waals surface area contributed by atoms with E-state index in [0.29, 0.717) is 38.4 Å². The van der Waals surface area contributed by atoms with Gasteiger partial charge in [-0.1, -0.05) is 13.0 Å². The summed E-state index contributed by atoms with van der Waals surface area (Å²) in [6, 6.07) is 4.15. The highest BCUT2D eigenvalue weighted by Crippen LogP contribution is 2.18. The number of nitrogens with one attached hydrogen (secondary N) is 1. The fourth-order valence-electron chi connectivity index (χ4n) is 2.70. The maximum atomic E-state index is 12.2. The molecule has 1 atom stereocenters. The summed E-state index contributed by atoms with van der Waals surface area (Å²) in [7, 11) is 1.41. The van der Waals surface area contributed by atoms with E-state index in [2.05, 4.69) is 29.8 Å². The average Bonchev–Trinajstić information content (AvgIpc) is 3.05. The van der Waals surface area contributed by atoms with E-state index in [4.69, 9.17) is 4.74 Å². The smallest absolute Gasteiger partial charge is 0.317 e. The Morgan fingerprint density at radius 1 is 1.45 bits per heavy atom. The normalized spacial score (nSPS) is 17.1. The third kappa shape index (κ3) is 4.73. The summed E-state index contributed by atoms with van der Waals surface area (Å²) >= 11 is 1.75. The zero-order chi connectivity index (χ0) is 15.9. The van der Waals surface area contributed by atoms with Crippen LogP contribution in [0.2, 0.25) is 0 Å². The minimum Gasteiger partial charge on any atom is -0.469 e. The van der Waals surface area contributed by atoms with Crippen molar-refractivity contribution in [2.45, 2.75) is 26.2 Å². The van der Waals surface area contributed by atoms with E-state index < -0.39 is 0 Å². The lowest BCUT2D eigenvalue weighted by atomic mass is 9.97. The predicted octanol–water partition coefficient (Wildman–Crippen LogP) is 2.52. The van der Waals surface area contributed by atoms with Gasteiger partial charge in [-0.3, -0.25) is 4.79 Å². The van der Waals surface area contributed by atoms with Crippen molar-refractivity contribution in [3.63, 3.8) is 0 Å². The molecule has 122 valence electrons. The number of carbonyl (C=O) groups excluding carboxylic acids is 2. The molecule has 0 bridgehead atoms. The summed E-state index contributed by atoms with van der Waals surface area (Å²) < 4.78 is 4.76. The summed E-state index contributed by atoms with van der Waals surface area (Å²) in [6.45, 7) is 4.05. The molecular formula is C16H24N2O3S. The number of rotatable bonds is 5. The highest BCUT2D eigenvalue weighted by Gasteiger charge is 2.27. The number of likely N-dealkylation sites (tertiary alicyclic amines) is 1. The number of esters is 1. The Morgan fingerprint density at radius 2 is 2.18 bits per heavy atom. The van der Waals surface area contributed by atoms with Crippen LogP contribution in [0.25, 0.3) is 0 Å². The topological polar surface area (TPSA) is 58.6 Å². The van der Waals surface area contributed by atoms with Gasteiger partial charge >= 0.3 is 12.0 Å². The summed E-state index contributed by atoms with van der Waals surface area (Å²) in [4.78, 5) is 26.8. The quantitative estimate of drug-likeness (QED) is 0.847. The van der Waals surface area contributed by atoms with Crippen LogP contribution in [0.1, 0.15) is 24.6 Å². The van der Waals surface area contributed by atoms with Crippen molar-refractivity contribution in [1.29, 1.82) is 0 Å². The van der Waals surface area contributed by atoms with Gasteiger partial charge in [0.15, 0.2) is 0 Å². The Kier molecular flexibility index (Phi) is 6.24. The molecule has 0 radical (unpaired) electrons. The lowest BCUT2D eigenvalue weighted by Gasteiger charge is -2.31. The van der Waals surface area contributed by atoms with Crippen molar-refractivity contribution in [3.8, 4) is 0 Å². The fraction of sp³-hybridized carbons (Fsp3) is 0.625. The third-order valence-electron chi connectivity index (χ3n) is 4.05. The average molecular weight is 324 g/mol. The maximum Gasteiger partial charge on any atom is 0.317 e. The zero-order valence-corrected chi connectivity index (χ0v) is 14.0. The molecule has 22 heavy (non-hydrogen) atoms. The van der Waals surface area contributed by atoms with E-state index in [-0.39, 0.29) is 17.9 Å². The van der Waals surface area contributed by atoms with Gasteiger partial charge in [0.05, 0.1) is 13.0 Å². The van der Waals surface area contributed by atoms with Gasteiger partial charge in [-0.2, -0.15) is 0 Å². The molecule has 1 aliphatic heterocycles. The minimum absolute atomic E-state index is 0.0265. The fourth-order valence-corrected chi connectivity index (χ4v) is 3.57. The van der Waals surface area contributed by atoms with Crippen LogP contribution >= 0.6 is 11.3 Å². The van der Waals surface area contributed by atoms with Gasteiger partial charge < -0.3 is 15.0 Å². The molecule has 1 aromatic rings. The number of carbonyl (C=O) groups is 2. The van der Waals surface area contributed by atoms with Crippen LogP contribution in [0.3, 0.4) is 0 Å². The van der Waals surface area contributed by atoms with Crippen LogP contribution in [0.4, 0.5) is 4.79 Å². The van der Waals surface area contributed by atoms with Crippen molar-refractivity contribution >= 4 is 23.3 Å². The van der Waals surface area contributed by atoms with Crippen molar-refractivity contribution in [3.05, 3.63) is 22.4 Å². The number of urea groups is 1. The van der Waals surface area contributed by atoms with Gasteiger partial charge in [-0.05, 0) is 36.6 Å². The van der Waals surface area contributed by atoms with Gasteiger partial charge in [0, 0.05) is 24.5 Å². The molecule has 1 saturated heterocycles. The molecule has 2 amide bonds. The SMILES string of the molecule is COC(=O)C1CCN(C(=O)NC[C@@H](C)Cc2cccs2)CC1. The molecule has 0 spiro atoms. The Morgan fingerprint density at radius 3 is 2.77 bits per heavy atom. The number of nitrogens with zero attached hydrogens (tertiary/aromatic N) is 1. The van der Waals surface area contributed by atoms with E-state index in [1.54, 1.807) is 16.2 Å². The van der Waals surface area contributed by atoms with Gasteiger partial charge in [-0.15, -0.1) is 11.3 Å². The highest BCUT2D eigenvalue weighted by molar-refractivity contribution is 7.09. The largest absolute Gasteiger partial charge is 0.469 e. The molecule has 1 aromatic heterocycles. The van der Waals surface area contributed by atoms with Crippen LogP contribution in [0.5, 0.6) is 0 Å². The van der Waals surface area contributed by atoms with Crippen LogP contribution in [0.15, 0.2) is 17.5 Å². The van der Waals surface area contributed by atoms with E-state index in [1.165, 1.54) is 12.0 Å². The van der Waals surface area contributed by atoms with E-state index >= 15 is 0 Å². The Bertz CT molecular complexity index is 482. The summed E-state index contributed by atoms with van der Waals surface area (Å²) in [5, 5.41) is 5.07. The number of hydrogen-bond donors (Lipinski definition) is 1. The third-order valence-corrected chi connectivity index (χ3v) is 4.95. The van der Waals surface area contributed by atoms with Crippen LogP contribution in [0, 0.1) is 11.8 Å². The first-order chi connectivity index (χ1) is 10.6. The Balaban J connectivity index is 1.68. The number of thiophene rings is 1. The van der Waals surface area contributed by atoms with Crippen molar-refractivity contribution in [2.24, 2.45) is 11.8 Å². The highest BCUT2D eigenvalue weighted by atomic mass is 32.1. The van der Waals surface area contributed by atoms with Crippen molar-refractivity contribution < 1.29 is 14.3 Å². The first-order valence-corrected chi connectivity index (χ1v) is 8.61. The zero-order valence-electron chi connectivity index (χ0n) is 13.2. The first-order valence-electron chi connectivity index (χ1n) is 7.73. The number of hydrogen-bond acceptors (Lipinski definition) is 4. The number of piperidine rings is 1. The second-order valence-corrected chi connectivity index (χ2v) is 6.89. The Labute approximate surface area is 135 Å². The van der Waals surface area contributed by atoms with Crippen LogP contribution < -0.4 is 5.32 Å². The van der Waals surface area contributed by atoms with E-state index in [1.807, 2.05) is 0 Å². The molecule has 1 fully saturated rings. The van der Waals surface area contributed by atoms with Gasteiger partial charge in [-0.25, -0.2) is 4.79 Å². The molecule has 0 aliphatic carbocycles. The van der Waals surface area contributed by atoms with Crippen LogP contribution in [-0.2, 0) is 16.0 Å². The molecule has 2 rings (SSSR count). The van der Waals surface area contributed by atoms with Gasteiger partial charge in [0.25, 0.3) is 0 Å².